The Kier molecular flexibility index (Phi) is 11.7. The number of methoxy groups -OCH3 is 1. The zero-order valence-electron chi connectivity index (χ0n) is 18.2. The summed E-state index contributed by atoms with van der Waals surface area (Å²) in [6, 6.07) is -0.688. The van der Waals surface area contributed by atoms with Crippen molar-refractivity contribution in [1.82, 2.24) is 16.1 Å². The van der Waals surface area contributed by atoms with Crippen LogP contribution in [0.2, 0.25) is 0 Å². The number of nitrogens with zero attached hydrogens (tertiary/aromatic N) is 2. The predicted octanol–water partition coefficient (Wildman–Crippen LogP) is 0.715. The van der Waals surface area contributed by atoms with E-state index in [1.807, 2.05) is 0 Å². The molecule has 3 atom stereocenters. The molecular formula is C19H36N6O5. The SMILES string of the molecule is COC1CCC[C@@H](C(=O)N[C@@H](CCCN=C(N)N[N+](=O)[O-])C(=O)NCCC(C)C)C1. The van der Waals surface area contributed by atoms with Crippen LogP contribution in [0, 0.1) is 22.0 Å². The largest absolute Gasteiger partial charge is 0.381 e. The predicted molar refractivity (Wildman–Crippen MR) is 113 cm³/mol. The number of carbonyl (C=O) groups excluding carboxylic acids is 2. The zero-order chi connectivity index (χ0) is 22.5. The molecule has 11 nitrogen and oxygen atoms in total. The molecule has 0 radical (unpaired) electrons. The third-order valence-corrected chi connectivity index (χ3v) is 5.12. The van der Waals surface area contributed by atoms with E-state index >= 15 is 0 Å². The van der Waals surface area contributed by atoms with Crippen LogP contribution in [0.4, 0.5) is 0 Å². The maximum atomic E-state index is 12.7. The fourth-order valence-electron chi connectivity index (χ4n) is 3.39. The van der Waals surface area contributed by atoms with E-state index in [4.69, 9.17) is 10.5 Å². The molecule has 1 saturated carbocycles. The Hall–Kier alpha value is -2.43. The molecule has 172 valence electrons. The molecule has 30 heavy (non-hydrogen) atoms. The number of nitrogens with two attached hydrogens (primary N) is 1. The van der Waals surface area contributed by atoms with Crippen LogP contribution in [0.5, 0.6) is 0 Å². The van der Waals surface area contributed by atoms with Crippen LogP contribution in [0.15, 0.2) is 4.99 Å². The highest BCUT2D eigenvalue weighted by Crippen LogP contribution is 2.26. The summed E-state index contributed by atoms with van der Waals surface area (Å²) in [4.78, 5) is 39.5. The number of hydrazine groups is 1. The number of rotatable bonds is 12. The summed E-state index contributed by atoms with van der Waals surface area (Å²) in [5.41, 5.74) is 7.15. The molecule has 0 aromatic carbocycles. The number of amides is 2. The summed E-state index contributed by atoms with van der Waals surface area (Å²) < 4.78 is 5.39. The molecule has 0 aliphatic heterocycles. The highest BCUT2D eigenvalue weighted by atomic mass is 16.7. The molecule has 1 aliphatic rings. The van der Waals surface area contributed by atoms with Gasteiger partial charge in [-0.2, -0.15) is 0 Å². The molecule has 1 aliphatic carbocycles. The van der Waals surface area contributed by atoms with Gasteiger partial charge in [0.2, 0.25) is 11.8 Å². The molecule has 0 spiro atoms. The molecule has 0 aromatic rings. The third-order valence-electron chi connectivity index (χ3n) is 5.12. The van der Waals surface area contributed by atoms with E-state index in [1.54, 1.807) is 12.5 Å². The van der Waals surface area contributed by atoms with Crippen LogP contribution in [0.3, 0.4) is 0 Å². The van der Waals surface area contributed by atoms with Gasteiger partial charge in [-0.25, -0.2) is 15.1 Å². The van der Waals surface area contributed by atoms with Crippen molar-refractivity contribution >= 4 is 17.8 Å². The molecular weight excluding hydrogens is 392 g/mol. The lowest BCUT2D eigenvalue weighted by Crippen LogP contribution is -2.49. The summed E-state index contributed by atoms with van der Waals surface area (Å²) in [6.07, 6.45) is 4.99. The summed E-state index contributed by atoms with van der Waals surface area (Å²) in [7, 11) is 1.65. The Balaban J connectivity index is 2.63. The van der Waals surface area contributed by atoms with Gasteiger partial charge >= 0.3 is 0 Å². The minimum atomic E-state index is -0.790. The number of nitro groups is 1. The van der Waals surface area contributed by atoms with Gasteiger partial charge in [-0.05, 0) is 44.4 Å². The molecule has 1 rings (SSSR count). The average molecular weight is 429 g/mol. The van der Waals surface area contributed by atoms with Gasteiger partial charge in [0.15, 0.2) is 5.03 Å². The molecule has 5 N–H and O–H groups in total. The molecule has 0 saturated heterocycles. The first kappa shape index (κ1) is 25.6. The Morgan fingerprint density at radius 1 is 1.30 bits per heavy atom. The van der Waals surface area contributed by atoms with E-state index in [0.717, 1.165) is 25.7 Å². The van der Waals surface area contributed by atoms with E-state index < -0.39 is 11.1 Å². The van der Waals surface area contributed by atoms with Crippen molar-refractivity contribution in [3.63, 3.8) is 0 Å². The first-order valence-electron chi connectivity index (χ1n) is 10.5. The van der Waals surface area contributed by atoms with Gasteiger partial charge in [-0.1, -0.05) is 25.7 Å². The second-order valence-corrected chi connectivity index (χ2v) is 8.03. The lowest BCUT2D eigenvalue weighted by Gasteiger charge is -2.29. The van der Waals surface area contributed by atoms with Crippen molar-refractivity contribution in [2.45, 2.75) is 70.9 Å². The van der Waals surface area contributed by atoms with E-state index in [1.165, 1.54) is 0 Å². The number of ether oxygens (including phenoxy) is 1. The minimum Gasteiger partial charge on any atom is -0.381 e. The Morgan fingerprint density at radius 3 is 2.67 bits per heavy atom. The summed E-state index contributed by atoms with van der Waals surface area (Å²) in [6.45, 7) is 4.88. The Labute approximate surface area is 177 Å². The quantitative estimate of drug-likeness (QED) is 0.117. The monoisotopic (exact) mass is 428 g/mol. The second kappa shape index (κ2) is 13.7. The van der Waals surface area contributed by atoms with Crippen LogP contribution in [0.25, 0.3) is 0 Å². The van der Waals surface area contributed by atoms with Gasteiger partial charge in [0.25, 0.3) is 5.96 Å². The lowest BCUT2D eigenvalue weighted by atomic mass is 9.86. The molecule has 2 amide bonds. The number of hydrogen-bond donors (Lipinski definition) is 4. The molecule has 0 heterocycles. The number of guanidine groups is 1. The molecule has 11 heteroatoms. The van der Waals surface area contributed by atoms with Gasteiger partial charge in [0.1, 0.15) is 6.04 Å². The van der Waals surface area contributed by atoms with E-state index in [-0.39, 0.29) is 36.3 Å². The second-order valence-electron chi connectivity index (χ2n) is 8.03. The maximum Gasteiger partial charge on any atom is 0.251 e. The first-order valence-corrected chi connectivity index (χ1v) is 10.5. The fraction of sp³-hybridized carbons (Fsp3) is 0.842. The average Bonchev–Trinajstić information content (AvgIpc) is 2.69. The molecule has 0 bridgehead atoms. The van der Waals surface area contributed by atoms with E-state index in [2.05, 4.69) is 29.5 Å². The van der Waals surface area contributed by atoms with Crippen LogP contribution in [-0.2, 0) is 14.3 Å². The van der Waals surface area contributed by atoms with Gasteiger partial charge in [-0.3, -0.25) is 9.59 Å². The normalized spacial score (nSPS) is 20.5. The van der Waals surface area contributed by atoms with Crippen molar-refractivity contribution in [2.75, 3.05) is 20.2 Å². The smallest absolute Gasteiger partial charge is 0.251 e. The standard InChI is InChI=1S/C19H36N6O5/c1-13(2)9-11-21-18(27)16(8-5-10-22-19(20)24-25(28)29)23-17(26)14-6-4-7-15(12-14)30-3/h13-16H,4-12H2,1-3H3,(H,21,27)(H,23,26)(H3,20,22,24)/t14-,15?,16+/m1/s1. The highest BCUT2D eigenvalue weighted by Gasteiger charge is 2.30. The Morgan fingerprint density at radius 2 is 2.03 bits per heavy atom. The Bertz CT molecular complexity index is 598. The summed E-state index contributed by atoms with van der Waals surface area (Å²) in [5.74, 6) is -0.386. The molecule has 1 unspecified atom stereocenters. The topological polar surface area (TPSA) is 161 Å². The van der Waals surface area contributed by atoms with Gasteiger partial charge < -0.3 is 21.1 Å². The zero-order valence-corrected chi connectivity index (χ0v) is 18.2. The van der Waals surface area contributed by atoms with Crippen LogP contribution in [0.1, 0.15) is 58.8 Å². The highest BCUT2D eigenvalue weighted by molar-refractivity contribution is 5.88. The van der Waals surface area contributed by atoms with Crippen LogP contribution in [-0.4, -0.2) is 55.2 Å². The van der Waals surface area contributed by atoms with Gasteiger partial charge in [0.05, 0.1) is 6.10 Å². The van der Waals surface area contributed by atoms with Crippen molar-refractivity contribution in [1.29, 1.82) is 0 Å². The maximum absolute atomic E-state index is 12.7. The summed E-state index contributed by atoms with van der Waals surface area (Å²) in [5, 5.41) is 15.3. The van der Waals surface area contributed by atoms with Crippen molar-refractivity contribution < 1.29 is 19.4 Å². The first-order chi connectivity index (χ1) is 14.2. The number of carbonyl (C=O) groups is 2. The minimum absolute atomic E-state index is 0.0687. The van der Waals surface area contributed by atoms with Crippen LogP contribution >= 0.6 is 0 Å². The lowest BCUT2D eigenvalue weighted by molar-refractivity contribution is -0.525. The van der Waals surface area contributed by atoms with Crippen LogP contribution < -0.4 is 21.8 Å². The van der Waals surface area contributed by atoms with Gasteiger partial charge in [-0.15, -0.1) is 0 Å². The number of hydrogen-bond acceptors (Lipinski definition) is 6. The number of nitrogens with one attached hydrogen (secondary N) is 3. The van der Waals surface area contributed by atoms with Crippen molar-refractivity contribution in [2.24, 2.45) is 22.6 Å². The van der Waals surface area contributed by atoms with E-state index in [9.17, 15) is 19.7 Å². The van der Waals surface area contributed by atoms with E-state index in [0.29, 0.717) is 31.7 Å². The third kappa shape index (κ3) is 10.4. The molecule has 0 aromatic heterocycles. The molecule has 1 fully saturated rings. The number of aliphatic imine (C=N–C) groups is 1. The summed E-state index contributed by atoms with van der Waals surface area (Å²) >= 11 is 0. The van der Waals surface area contributed by atoms with Crippen molar-refractivity contribution in [3.05, 3.63) is 10.1 Å². The fourth-order valence-corrected chi connectivity index (χ4v) is 3.39. The van der Waals surface area contributed by atoms with Crippen molar-refractivity contribution in [3.8, 4) is 0 Å². The van der Waals surface area contributed by atoms with Gasteiger partial charge in [0, 0.05) is 26.1 Å².